The van der Waals surface area contributed by atoms with E-state index in [2.05, 4.69) is 41.1 Å². The van der Waals surface area contributed by atoms with Gasteiger partial charge in [0.2, 0.25) is 5.75 Å². The summed E-state index contributed by atoms with van der Waals surface area (Å²) in [6.45, 7) is 7.68. The van der Waals surface area contributed by atoms with Crippen LogP contribution in [-0.4, -0.2) is 73.4 Å². The number of benzene rings is 2. The maximum absolute atomic E-state index is 13.1. The van der Waals surface area contributed by atoms with Crippen molar-refractivity contribution in [1.29, 1.82) is 0 Å². The molecule has 1 fully saturated rings. The minimum absolute atomic E-state index is 0.0223. The minimum Gasteiger partial charge on any atom is -0.493 e. The smallest absolute Gasteiger partial charge is 0.271 e. The van der Waals surface area contributed by atoms with Crippen LogP contribution in [0.15, 0.2) is 36.4 Å². The summed E-state index contributed by atoms with van der Waals surface area (Å²) >= 11 is 0. The lowest BCUT2D eigenvalue weighted by Gasteiger charge is -2.34. The van der Waals surface area contributed by atoms with Gasteiger partial charge in [-0.25, -0.2) is 0 Å². The number of hydrogen-bond acceptors (Lipinski definition) is 6. The van der Waals surface area contributed by atoms with Crippen molar-refractivity contribution in [1.82, 2.24) is 20.0 Å². The Labute approximate surface area is 200 Å². The Morgan fingerprint density at radius 2 is 1.65 bits per heavy atom. The third kappa shape index (κ3) is 4.72. The Balaban J connectivity index is 1.39. The van der Waals surface area contributed by atoms with Gasteiger partial charge in [0.05, 0.1) is 27.0 Å². The molecule has 2 aromatic carbocycles. The molecule has 1 saturated heterocycles. The number of piperazine rings is 1. The molecule has 1 amide bonds. The zero-order valence-electron chi connectivity index (χ0n) is 20.5. The summed E-state index contributed by atoms with van der Waals surface area (Å²) in [5, 5.41) is 7.30. The number of hydrogen-bond donors (Lipinski definition) is 1. The highest BCUT2D eigenvalue weighted by atomic mass is 16.5. The molecule has 0 atom stereocenters. The van der Waals surface area contributed by atoms with E-state index in [0.717, 1.165) is 29.9 Å². The van der Waals surface area contributed by atoms with Gasteiger partial charge in [-0.2, -0.15) is 5.10 Å². The van der Waals surface area contributed by atoms with Crippen LogP contribution in [0.1, 0.15) is 27.2 Å². The molecule has 0 radical (unpaired) electrons. The van der Waals surface area contributed by atoms with Gasteiger partial charge in [0, 0.05) is 43.9 Å². The van der Waals surface area contributed by atoms with Gasteiger partial charge in [0.25, 0.3) is 5.91 Å². The number of nitrogens with zero attached hydrogens (tertiary/aromatic N) is 3. The SMILES string of the molecule is COc1ccc(CN2CCN(C(=O)c3cc(-c4ccc(C)c(C)c4)n[nH]3)CC2)c(OC)c1OC. The fourth-order valence-corrected chi connectivity index (χ4v) is 4.29. The van der Waals surface area contributed by atoms with Crippen LogP contribution in [-0.2, 0) is 6.54 Å². The fourth-order valence-electron chi connectivity index (χ4n) is 4.29. The highest BCUT2D eigenvalue weighted by Gasteiger charge is 2.25. The van der Waals surface area contributed by atoms with Crippen molar-refractivity contribution < 1.29 is 19.0 Å². The molecule has 8 heteroatoms. The molecule has 3 aromatic rings. The van der Waals surface area contributed by atoms with Gasteiger partial charge in [0.1, 0.15) is 5.69 Å². The second kappa shape index (κ2) is 10.2. The molecule has 1 aromatic heterocycles. The van der Waals surface area contributed by atoms with E-state index in [1.165, 1.54) is 11.1 Å². The molecular weight excluding hydrogens is 432 g/mol. The molecule has 34 heavy (non-hydrogen) atoms. The van der Waals surface area contributed by atoms with E-state index in [4.69, 9.17) is 14.2 Å². The highest BCUT2D eigenvalue weighted by Crippen LogP contribution is 2.40. The first-order valence-electron chi connectivity index (χ1n) is 11.4. The van der Waals surface area contributed by atoms with E-state index in [9.17, 15) is 4.79 Å². The lowest BCUT2D eigenvalue weighted by Crippen LogP contribution is -2.48. The standard InChI is InChI=1S/C26H32N4O4/c1-17-6-7-19(14-18(17)2)21-15-22(28-27-21)26(31)30-12-10-29(11-13-30)16-20-8-9-23(32-3)25(34-5)24(20)33-4/h6-9,14-15H,10-13,16H2,1-5H3,(H,27,28). The van der Waals surface area contributed by atoms with Crippen molar-refractivity contribution in [3.05, 3.63) is 58.8 Å². The monoisotopic (exact) mass is 464 g/mol. The average molecular weight is 465 g/mol. The molecule has 0 unspecified atom stereocenters. The number of carbonyl (C=O) groups is 1. The summed E-state index contributed by atoms with van der Waals surface area (Å²) < 4.78 is 16.5. The maximum Gasteiger partial charge on any atom is 0.271 e. The molecule has 2 heterocycles. The highest BCUT2D eigenvalue weighted by molar-refractivity contribution is 5.93. The number of ether oxygens (including phenoxy) is 3. The average Bonchev–Trinajstić information content (AvgIpc) is 3.35. The second-order valence-corrected chi connectivity index (χ2v) is 8.53. The summed E-state index contributed by atoms with van der Waals surface area (Å²) in [6, 6.07) is 11.9. The quantitative estimate of drug-likeness (QED) is 0.575. The molecule has 1 N–H and O–H groups in total. The van der Waals surface area contributed by atoms with Crippen molar-refractivity contribution in [2.24, 2.45) is 0 Å². The predicted octanol–water partition coefficient (Wildman–Crippen LogP) is 3.68. The molecule has 4 rings (SSSR count). The van der Waals surface area contributed by atoms with Crippen LogP contribution in [0.4, 0.5) is 0 Å². The van der Waals surface area contributed by atoms with Crippen LogP contribution >= 0.6 is 0 Å². The third-order valence-corrected chi connectivity index (χ3v) is 6.45. The molecule has 1 aliphatic heterocycles. The minimum atomic E-state index is -0.0223. The van der Waals surface area contributed by atoms with Crippen molar-refractivity contribution in [3.8, 4) is 28.5 Å². The van der Waals surface area contributed by atoms with Gasteiger partial charge >= 0.3 is 0 Å². The number of aromatic nitrogens is 2. The molecule has 1 aliphatic rings. The second-order valence-electron chi connectivity index (χ2n) is 8.53. The number of H-pyrrole nitrogens is 1. The zero-order valence-corrected chi connectivity index (χ0v) is 20.5. The first-order chi connectivity index (χ1) is 16.4. The van der Waals surface area contributed by atoms with E-state index in [1.54, 1.807) is 21.3 Å². The molecule has 8 nitrogen and oxygen atoms in total. The van der Waals surface area contributed by atoms with E-state index in [0.29, 0.717) is 42.6 Å². The van der Waals surface area contributed by atoms with Gasteiger partial charge in [0.15, 0.2) is 11.5 Å². The molecular formula is C26H32N4O4. The van der Waals surface area contributed by atoms with E-state index in [-0.39, 0.29) is 5.91 Å². The van der Waals surface area contributed by atoms with E-state index >= 15 is 0 Å². The van der Waals surface area contributed by atoms with Gasteiger partial charge < -0.3 is 19.1 Å². The van der Waals surface area contributed by atoms with E-state index < -0.39 is 0 Å². The molecule has 0 saturated carbocycles. The third-order valence-electron chi connectivity index (χ3n) is 6.45. The van der Waals surface area contributed by atoms with Crippen LogP contribution in [0.3, 0.4) is 0 Å². The van der Waals surface area contributed by atoms with Gasteiger partial charge in [-0.1, -0.05) is 18.2 Å². The Hall–Kier alpha value is -3.52. The number of amides is 1. The van der Waals surface area contributed by atoms with Crippen LogP contribution < -0.4 is 14.2 Å². The summed E-state index contributed by atoms with van der Waals surface area (Å²) in [5.74, 6) is 1.89. The normalized spacial score (nSPS) is 14.2. The topological polar surface area (TPSA) is 79.9 Å². The van der Waals surface area contributed by atoms with E-state index in [1.807, 2.05) is 29.2 Å². The van der Waals surface area contributed by atoms with Crippen LogP contribution in [0.5, 0.6) is 17.2 Å². The maximum atomic E-state index is 13.1. The number of rotatable bonds is 7. The van der Waals surface area contributed by atoms with Crippen molar-refractivity contribution in [3.63, 3.8) is 0 Å². The lowest BCUT2D eigenvalue weighted by molar-refractivity contribution is 0.0621. The first-order valence-corrected chi connectivity index (χ1v) is 11.4. The molecule has 180 valence electrons. The van der Waals surface area contributed by atoms with Gasteiger partial charge in [-0.05, 0) is 43.2 Å². The van der Waals surface area contributed by atoms with Crippen molar-refractivity contribution in [2.75, 3.05) is 47.5 Å². The molecule has 0 bridgehead atoms. The fraction of sp³-hybridized carbons (Fsp3) is 0.385. The zero-order chi connectivity index (χ0) is 24.2. The Kier molecular flexibility index (Phi) is 7.07. The predicted molar refractivity (Wildman–Crippen MR) is 131 cm³/mol. The Morgan fingerprint density at radius 1 is 0.912 bits per heavy atom. The number of methoxy groups -OCH3 is 3. The number of aryl methyl sites for hydroxylation is 2. The molecule has 0 spiro atoms. The first kappa shape index (κ1) is 23.6. The van der Waals surface area contributed by atoms with Crippen molar-refractivity contribution >= 4 is 5.91 Å². The number of nitrogens with one attached hydrogen (secondary N) is 1. The number of carbonyl (C=O) groups excluding carboxylic acids is 1. The van der Waals surface area contributed by atoms with Crippen LogP contribution in [0, 0.1) is 13.8 Å². The summed E-state index contributed by atoms with van der Waals surface area (Å²) in [5.41, 5.74) is 5.77. The summed E-state index contributed by atoms with van der Waals surface area (Å²) in [6.07, 6.45) is 0. The van der Waals surface area contributed by atoms with Crippen LogP contribution in [0.25, 0.3) is 11.3 Å². The van der Waals surface area contributed by atoms with Gasteiger partial charge in [-0.3, -0.25) is 14.8 Å². The summed E-state index contributed by atoms with van der Waals surface area (Å²) in [4.78, 5) is 17.3. The van der Waals surface area contributed by atoms with Crippen molar-refractivity contribution in [2.45, 2.75) is 20.4 Å². The lowest BCUT2D eigenvalue weighted by atomic mass is 10.0. The Bertz CT molecular complexity index is 1170. The Morgan fingerprint density at radius 3 is 2.29 bits per heavy atom. The molecule has 0 aliphatic carbocycles. The largest absolute Gasteiger partial charge is 0.493 e. The number of aromatic amines is 1. The summed E-state index contributed by atoms with van der Waals surface area (Å²) in [7, 11) is 4.85. The van der Waals surface area contributed by atoms with Gasteiger partial charge in [-0.15, -0.1) is 0 Å². The van der Waals surface area contributed by atoms with Crippen LogP contribution in [0.2, 0.25) is 0 Å².